The first-order chi connectivity index (χ1) is 9.15. The molecule has 4 nitrogen and oxygen atoms in total. The molecule has 19 heavy (non-hydrogen) atoms. The molecular formula is C15H22O4. The standard InChI is InChI=1S/C15H22O4/c1-3-5-6-7-13-15-9-14(19-13)11(17)8-10(16)12(4-2)18-15/h1,5-6,10-17H,4,7-9H2,2H3/b6-5+/t10-,11+,12+,13-,14-,15-/m1/s1. The van der Waals surface area contributed by atoms with E-state index in [-0.39, 0.29) is 24.4 Å². The molecule has 0 amide bonds. The number of fused-ring (bicyclic) bond motifs is 2. The van der Waals surface area contributed by atoms with Gasteiger partial charge in [0.15, 0.2) is 0 Å². The summed E-state index contributed by atoms with van der Waals surface area (Å²) in [6, 6.07) is 0. The third-order valence-electron chi connectivity index (χ3n) is 3.90. The van der Waals surface area contributed by atoms with Crippen LogP contribution in [0, 0.1) is 12.3 Å². The van der Waals surface area contributed by atoms with Gasteiger partial charge < -0.3 is 19.7 Å². The summed E-state index contributed by atoms with van der Waals surface area (Å²) in [4.78, 5) is 0. The summed E-state index contributed by atoms with van der Waals surface area (Å²) < 4.78 is 11.8. The first-order valence-corrected chi connectivity index (χ1v) is 6.93. The second kappa shape index (κ2) is 6.53. The number of rotatable bonds is 3. The summed E-state index contributed by atoms with van der Waals surface area (Å²) in [5.41, 5.74) is 0. The molecule has 0 unspecified atom stereocenters. The van der Waals surface area contributed by atoms with Gasteiger partial charge in [0.25, 0.3) is 0 Å². The van der Waals surface area contributed by atoms with Crippen LogP contribution in [0.2, 0.25) is 0 Å². The van der Waals surface area contributed by atoms with E-state index in [1.54, 1.807) is 6.08 Å². The highest BCUT2D eigenvalue weighted by Crippen LogP contribution is 2.33. The predicted octanol–water partition coefficient (Wildman–Crippen LogP) is 1.01. The Hall–Kier alpha value is -0.860. The lowest BCUT2D eigenvalue weighted by Crippen LogP contribution is -2.41. The predicted molar refractivity (Wildman–Crippen MR) is 71.5 cm³/mol. The first-order valence-electron chi connectivity index (χ1n) is 6.93. The van der Waals surface area contributed by atoms with Crippen LogP contribution in [-0.4, -0.2) is 46.8 Å². The molecule has 2 aliphatic heterocycles. The number of allylic oxidation sites excluding steroid dienone is 1. The van der Waals surface area contributed by atoms with Crippen LogP contribution in [0.3, 0.4) is 0 Å². The van der Waals surface area contributed by atoms with Gasteiger partial charge in [-0.05, 0) is 18.9 Å². The van der Waals surface area contributed by atoms with Crippen molar-refractivity contribution in [3.8, 4) is 12.3 Å². The second-order valence-corrected chi connectivity index (χ2v) is 5.25. The fraction of sp³-hybridized carbons (Fsp3) is 0.733. The Bertz CT molecular complexity index is 360. The third-order valence-corrected chi connectivity index (χ3v) is 3.90. The molecule has 2 aliphatic rings. The smallest absolute Gasteiger partial charge is 0.0877 e. The van der Waals surface area contributed by atoms with Gasteiger partial charge in [-0.2, -0.15) is 0 Å². The molecule has 2 N–H and O–H groups in total. The van der Waals surface area contributed by atoms with Crippen LogP contribution in [0.1, 0.15) is 32.6 Å². The van der Waals surface area contributed by atoms with Gasteiger partial charge >= 0.3 is 0 Å². The lowest BCUT2D eigenvalue weighted by atomic mass is 9.96. The molecule has 106 valence electrons. The van der Waals surface area contributed by atoms with Crippen LogP contribution < -0.4 is 0 Å². The third kappa shape index (κ3) is 3.37. The molecule has 0 saturated carbocycles. The lowest BCUT2D eigenvalue weighted by molar-refractivity contribution is -0.102. The molecule has 6 atom stereocenters. The van der Waals surface area contributed by atoms with Crippen LogP contribution in [0.25, 0.3) is 0 Å². The lowest BCUT2D eigenvalue weighted by Gasteiger charge is -2.30. The Balaban J connectivity index is 2.07. The van der Waals surface area contributed by atoms with Crippen LogP contribution in [0.5, 0.6) is 0 Å². The maximum atomic E-state index is 10.1. The van der Waals surface area contributed by atoms with E-state index >= 15 is 0 Å². The molecule has 2 rings (SSSR count). The highest BCUT2D eigenvalue weighted by atomic mass is 16.6. The SMILES string of the molecule is C#C/C=C/C[C@H]1O[C@@H]2C[C@H]1O[C@@H](CC)[C@H](O)C[C@@H]2O. The van der Waals surface area contributed by atoms with Gasteiger partial charge in [-0.25, -0.2) is 0 Å². The van der Waals surface area contributed by atoms with Crippen molar-refractivity contribution in [1.29, 1.82) is 0 Å². The fourth-order valence-corrected chi connectivity index (χ4v) is 2.85. The van der Waals surface area contributed by atoms with Gasteiger partial charge in [0.1, 0.15) is 0 Å². The molecule has 2 bridgehead atoms. The van der Waals surface area contributed by atoms with Crippen molar-refractivity contribution in [1.82, 2.24) is 0 Å². The van der Waals surface area contributed by atoms with Crippen molar-refractivity contribution in [2.45, 2.75) is 69.2 Å². The fourth-order valence-electron chi connectivity index (χ4n) is 2.85. The summed E-state index contributed by atoms with van der Waals surface area (Å²) in [6.45, 7) is 1.97. The van der Waals surface area contributed by atoms with Crippen molar-refractivity contribution in [3.63, 3.8) is 0 Å². The van der Waals surface area contributed by atoms with Crippen molar-refractivity contribution < 1.29 is 19.7 Å². The first kappa shape index (κ1) is 14.5. The Kier molecular flexibility index (Phi) is 5.00. The zero-order valence-electron chi connectivity index (χ0n) is 11.2. The summed E-state index contributed by atoms with van der Waals surface area (Å²) in [6.07, 6.45) is 9.17. The number of ether oxygens (including phenoxy) is 2. The Morgan fingerprint density at radius 3 is 2.58 bits per heavy atom. The van der Waals surface area contributed by atoms with Crippen LogP contribution in [-0.2, 0) is 9.47 Å². The van der Waals surface area contributed by atoms with Crippen molar-refractivity contribution in [2.75, 3.05) is 0 Å². The zero-order valence-corrected chi connectivity index (χ0v) is 11.2. The molecule has 2 saturated heterocycles. The monoisotopic (exact) mass is 266 g/mol. The number of hydrogen-bond acceptors (Lipinski definition) is 4. The van der Waals surface area contributed by atoms with Gasteiger partial charge in [0.2, 0.25) is 0 Å². The summed E-state index contributed by atoms with van der Waals surface area (Å²) in [5, 5.41) is 20.1. The summed E-state index contributed by atoms with van der Waals surface area (Å²) in [5.74, 6) is 2.45. The van der Waals surface area contributed by atoms with Crippen molar-refractivity contribution >= 4 is 0 Å². The second-order valence-electron chi connectivity index (χ2n) is 5.25. The molecular weight excluding hydrogens is 244 g/mol. The minimum absolute atomic E-state index is 0.0815. The zero-order chi connectivity index (χ0) is 13.8. The topological polar surface area (TPSA) is 58.9 Å². The molecule has 0 aromatic heterocycles. The Morgan fingerprint density at radius 1 is 1.16 bits per heavy atom. The highest BCUT2D eigenvalue weighted by molar-refractivity contribution is 5.09. The molecule has 0 spiro atoms. The van der Waals surface area contributed by atoms with E-state index in [0.29, 0.717) is 19.3 Å². The average molecular weight is 266 g/mol. The van der Waals surface area contributed by atoms with Crippen LogP contribution in [0.15, 0.2) is 12.2 Å². The summed E-state index contributed by atoms with van der Waals surface area (Å²) >= 11 is 0. The molecule has 4 heteroatoms. The minimum atomic E-state index is -0.631. The molecule has 2 heterocycles. The maximum Gasteiger partial charge on any atom is 0.0877 e. The minimum Gasteiger partial charge on any atom is -0.390 e. The average Bonchev–Trinajstić information content (AvgIpc) is 2.79. The molecule has 0 aromatic carbocycles. The number of aliphatic hydroxyl groups is 2. The van der Waals surface area contributed by atoms with Gasteiger partial charge in [-0.15, -0.1) is 6.42 Å². The van der Waals surface area contributed by atoms with Gasteiger partial charge in [-0.3, -0.25) is 0 Å². The van der Waals surface area contributed by atoms with E-state index in [0.717, 1.165) is 6.42 Å². The summed E-state index contributed by atoms with van der Waals surface area (Å²) in [7, 11) is 0. The largest absolute Gasteiger partial charge is 0.390 e. The quantitative estimate of drug-likeness (QED) is 0.749. The maximum absolute atomic E-state index is 10.1. The van der Waals surface area contributed by atoms with E-state index in [9.17, 15) is 10.2 Å². The van der Waals surface area contributed by atoms with E-state index in [1.807, 2.05) is 13.0 Å². The Morgan fingerprint density at radius 2 is 1.89 bits per heavy atom. The number of aliphatic hydroxyl groups excluding tert-OH is 2. The van der Waals surface area contributed by atoms with E-state index < -0.39 is 12.2 Å². The molecule has 0 aliphatic carbocycles. The number of terminal acetylenes is 1. The van der Waals surface area contributed by atoms with E-state index in [1.165, 1.54) is 0 Å². The van der Waals surface area contributed by atoms with Crippen LogP contribution >= 0.6 is 0 Å². The van der Waals surface area contributed by atoms with E-state index in [4.69, 9.17) is 15.9 Å². The Labute approximate surface area is 114 Å². The number of hydrogen-bond donors (Lipinski definition) is 2. The molecule has 2 fully saturated rings. The normalized spacial score (nSPS) is 42.8. The van der Waals surface area contributed by atoms with E-state index in [2.05, 4.69) is 5.92 Å². The van der Waals surface area contributed by atoms with Crippen molar-refractivity contribution in [3.05, 3.63) is 12.2 Å². The van der Waals surface area contributed by atoms with Gasteiger partial charge in [0.05, 0.1) is 36.6 Å². The van der Waals surface area contributed by atoms with Crippen molar-refractivity contribution in [2.24, 2.45) is 0 Å². The highest BCUT2D eigenvalue weighted by Gasteiger charge is 2.43. The van der Waals surface area contributed by atoms with Gasteiger partial charge in [0, 0.05) is 12.8 Å². The molecule has 0 radical (unpaired) electrons. The molecule has 0 aromatic rings. The van der Waals surface area contributed by atoms with Crippen LogP contribution in [0.4, 0.5) is 0 Å². The van der Waals surface area contributed by atoms with Gasteiger partial charge in [-0.1, -0.05) is 18.9 Å².